The lowest BCUT2D eigenvalue weighted by Crippen LogP contribution is -2.46. The van der Waals surface area contributed by atoms with Gasteiger partial charge in [-0.2, -0.15) is 10.2 Å². The zero-order chi connectivity index (χ0) is 24.4. The van der Waals surface area contributed by atoms with Gasteiger partial charge in [0.25, 0.3) is 0 Å². The quantitative estimate of drug-likeness (QED) is 0.133. The number of nitrogens with zero attached hydrogens (tertiary/aromatic N) is 4. The molecule has 0 atom stereocenters. The number of halogens is 1. The molecule has 0 heterocycles. The Morgan fingerprint density at radius 2 is 1.09 bits per heavy atom. The molecule has 0 bridgehead atoms. The van der Waals surface area contributed by atoms with E-state index in [9.17, 15) is 0 Å². The van der Waals surface area contributed by atoms with Crippen molar-refractivity contribution in [1.82, 2.24) is 0 Å². The van der Waals surface area contributed by atoms with Gasteiger partial charge in [0.05, 0.1) is 0 Å². The highest BCUT2D eigenvalue weighted by atomic mass is 35.6. The van der Waals surface area contributed by atoms with Crippen molar-refractivity contribution in [2.45, 2.75) is 65.3 Å². The Kier molecular flexibility index (Phi) is 9.59. The summed E-state index contributed by atoms with van der Waals surface area (Å²) in [5.41, 5.74) is 3.30. The van der Waals surface area contributed by atoms with E-state index in [-0.39, 0.29) is 5.54 Å². The fraction of sp³-hybridized carbons (Fsp3) is 0.385. The molecule has 0 saturated heterocycles. The lowest BCUT2D eigenvalue weighted by atomic mass is 10.0. The lowest BCUT2D eigenvalue weighted by Gasteiger charge is -2.34. The molecule has 3 rings (SSSR count). The molecule has 1 fully saturated rings. The Balaban J connectivity index is 2.05. The van der Waals surface area contributed by atoms with E-state index in [4.69, 9.17) is 19.9 Å². The molecule has 34 heavy (non-hydrogen) atoms. The molecule has 0 spiro atoms. The molecule has 8 heteroatoms. The second-order valence-electron chi connectivity index (χ2n) is 8.76. The van der Waals surface area contributed by atoms with E-state index in [1.807, 2.05) is 88.4 Å². The Morgan fingerprint density at radius 3 is 1.47 bits per heavy atom. The van der Waals surface area contributed by atoms with Crippen LogP contribution in [0.3, 0.4) is 0 Å². The molecule has 6 nitrogen and oxygen atoms in total. The second-order valence-corrected chi connectivity index (χ2v) is 12.7. The van der Waals surface area contributed by atoms with Gasteiger partial charge in [-0.05, 0) is 64.8 Å². The maximum atomic E-state index is 7.37. The van der Waals surface area contributed by atoms with Crippen LogP contribution in [0.5, 0.6) is 0 Å². The molecular weight excluding hydrogens is 464 g/mol. The minimum Gasteiger partial charge on any atom is -0.485 e. The maximum absolute atomic E-state index is 7.37. The summed E-state index contributed by atoms with van der Waals surface area (Å²) in [6, 6.07) is 19.4. The molecule has 2 aromatic carbocycles. The first kappa shape index (κ1) is 25.8. The van der Waals surface area contributed by atoms with Crippen LogP contribution in [0.2, 0.25) is 5.54 Å². The highest BCUT2D eigenvalue weighted by Crippen LogP contribution is 2.41. The molecular formula is C26H33ClN4O2Si. The van der Waals surface area contributed by atoms with Gasteiger partial charge in [0.1, 0.15) is 0 Å². The van der Waals surface area contributed by atoms with Gasteiger partial charge in [-0.25, -0.2) is 0 Å². The Bertz CT molecular complexity index is 967. The number of hydrogen-bond acceptors (Lipinski definition) is 6. The molecule has 2 aromatic rings. The molecule has 0 amide bonds. The summed E-state index contributed by atoms with van der Waals surface area (Å²) in [7, 11) is -3.41. The van der Waals surface area contributed by atoms with Gasteiger partial charge in [0.2, 0.25) is 11.8 Å². The lowest BCUT2D eigenvalue weighted by molar-refractivity contribution is 0.344. The van der Waals surface area contributed by atoms with Crippen molar-refractivity contribution in [2.75, 3.05) is 0 Å². The average Bonchev–Trinajstić information content (AvgIpc) is 2.86. The molecule has 180 valence electrons. The Morgan fingerprint density at radius 1 is 0.676 bits per heavy atom. The Labute approximate surface area is 208 Å². The third-order valence-corrected chi connectivity index (χ3v) is 9.17. The van der Waals surface area contributed by atoms with Crippen LogP contribution < -0.4 is 0 Å². The second kappa shape index (κ2) is 12.6. The summed E-state index contributed by atoms with van der Waals surface area (Å²) in [4.78, 5) is 0. The Hall–Kier alpha value is -2.77. The summed E-state index contributed by atoms with van der Waals surface area (Å²) in [6.45, 7) is 7.56. The molecule has 1 aliphatic rings. The van der Waals surface area contributed by atoms with Crippen LogP contribution in [0.1, 0.15) is 70.9 Å². The SMILES string of the molecule is CC(C)=N/N=C(/O[Si](Cl)(O/C(=N/N=C(C)C)c1ccccc1)C1CCCCC1)c1ccccc1. The first-order valence-electron chi connectivity index (χ1n) is 11.7. The van der Waals surface area contributed by atoms with Crippen molar-refractivity contribution >= 4 is 42.2 Å². The molecule has 0 unspecified atom stereocenters. The van der Waals surface area contributed by atoms with Crippen molar-refractivity contribution in [3.8, 4) is 0 Å². The first-order chi connectivity index (χ1) is 16.4. The molecule has 0 aliphatic heterocycles. The predicted molar refractivity (Wildman–Crippen MR) is 144 cm³/mol. The van der Waals surface area contributed by atoms with Gasteiger partial charge in [0.15, 0.2) is 0 Å². The first-order valence-corrected chi connectivity index (χ1v) is 14.6. The van der Waals surface area contributed by atoms with Crippen LogP contribution in [0.15, 0.2) is 81.1 Å². The fourth-order valence-corrected chi connectivity index (χ4v) is 7.04. The predicted octanol–water partition coefficient (Wildman–Crippen LogP) is 7.22. The van der Waals surface area contributed by atoms with Crippen LogP contribution in [0.4, 0.5) is 0 Å². The zero-order valence-electron chi connectivity index (χ0n) is 20.4. The van der Waals surface area contributed by atoms with Gasteiger partial charge >= 0.3 is 7.87 Å². The molecule has 1 aliphatic carbocycles. The van der Waals surface area contributed by atoms with E-state index < -0.39 is 7.87 Å². The smallest absolute Gasteiger partial charge is 0.485 e. The largest absolute Gasteiger partial charge is 0.574 e. The third-order valence-electron chi connectivity index (χ3n) is 5.29. The standard InChI is InChI=1S/C26H33ClN4O2Si/c1-20(2)28-30-25(22-14-8-5-9-15-22)32-34(27,24-18-12-7-13-19-24)33-26(31-29-21(3)4)23-16-10-6-11-17-23/h5-6,8-11,14-17,24H,7,12-13,18-19H2,1-4H3/b30-25+,31-26+. The van der Waals surface area contributed by atoms with E-state index >= 15 is 0 Å². The van der Waals surface area contributed by atoms with E-state index in [0.29, 0.717) is 11.8 Å². The van der Waals surface area contributed by atoms with Crippen molar-refractivity contribution in [3.63, 3.8) is 0 Å². The summed E-state index contributed by atoms with van der Waals surface area (Å²) in [6.07, 6.45) is 5.24. The van der Waals surface area contributed by atoms with E-state index in [2.05, 4.69) is 20.4 Å². The minimum absolute atomic E-state index is 0.0733. The number of rotatable bonds is 7. The number of hydrogen-bond donors (Lipinski definition) is 0. The van der Waals surface area contributed by atoms with Gasteiger partial charge in [-0.3, -0.25) is 0 Å². The maximum Gasteiger partial charge on any atom is 0.574 e. The van der Waals surface area contributed by atoms with Crippen LogP contribution in [-0.4, -0.2) is 31.1 Å². The highest BCUT2D eigenvalue weighted by Gasteiger charge is 2.52. The molecule has 1 saturated carbocycles. The van der Waals surface area contributed by atoms with E-state index in [1.54, 1.807) is 0 Å². The van der Waals surface area contributed by atoms with Crippen molar-refractivity contribution in [2.24, 2.45) is 20.4 Å². The van der Waals surface area contributed by atoms with Crippen molar-refractivity contribution < 1.29 is 8.85 Å². The summed E-state index contributed by atoms with van der Waals surface area (Å²) in [5, 5.41) is 17.4. The summed E-state index contributed by atoms with van der Waals surface area (Å²) >= 11 is 7.37. The number of benzene rings is 2. The van der Waals surface area contributed by atoms with Gasteiger partial charge in [-0.15, -0.1) is 10.2 Å². The minimum atomic E-state index is -3.41. The van der Waals surface area contributed by atoms with E-state index in [0.717, 1.165) is 48.2 Å². The average molecular weight is 497 g/mol. The monoisotopic (exact) mass is 496 g/mol. The van der Waals surface area contributed by atoms with Gasteiger partial charge in [0, 0.05) is 28.1 Å². The van der Waals surface area contributed by atoms with Crippen LogP contribution >= 0.6 is 11.1 Å². The topological polar surface area (TPSA) is 67.9 Å². The van der Waals surface area contributed by atoms with E-state index in [1.165, 1.54) is 6.42 Å². The van der Waals surface area contributed by atoms with Crippen molar-refractivity contribution in [3.05, 3.63) is 71.8 Å². The highest BCUT2D eigenvalue weighted by molar-refractivity contribution is 7.15. The van der Waals surface area contributed by atoms with Gasteiger partial charge in [-0.1, -0.05) is 66.7 Å². The van der Waals surface area contributed by atoms with Crippen LogP contribution in [-0.2, 0) is 8.85 Å². The third kappa shape index (κ3) is 7.63. The fourth-order valence-electron chi connectivity index (χ4n) is 3.62. The van der Waals surface area contributed by atoms with Gasteiger partial charge < -0.3 is 8.85 Å². The van der Waals surface area contributed by atoms with Crippen LogP contribution in [0, 0.1) is 0 Å². The van der Waals surface area contributed by atoms with Crippen molar-refractivity contribution in [1.29, 1.82) is 0 Å². The summed E-state index contributed by atoms with van der Waals surface area (Å²) in [5.74, 6) is 0.716. The normalized spacial score (nSPS) is 15.4. The molecule has 0 aromatic heterocycles. The molecule has 0 radical (unpaired) electrons. The van der Waals surface area contributed by atoms with Crippen LogP contribution in [0.25, 0.3) is 0 Å². The summed E-state index contributed by atoms with van der Waals surface area (Å²) < 4.78 is 13.1. The zero-order valence-corrected chi connectivity index (χ0v) is 22.1. The molecule has 0 N–H and O–H groups in total.